The van der Waals surface area contributed by atoms with Crippen LogP contribution in [0.4, 0.5) is 22.7 Å². The number of hydrazone groups is 2. The smallest absolute Gasteiger partial charge is 0.348 e. The van der Waals surface area contributed by atoms with E-state index < -0.39 is 23.9 Å². The van der Waals surface area contributed by atoms with E-state index in [0.29, 0.717) is 45.5 Å². The van der Waals surface area contributed by atoms with Crippen LogP contribution in [0, 0.1) is 0 Å². The van der Waals surface area contributed by atoms with Crippen LogP contribution in [0.1, 0.15) is 22.3 Å². The highest BCUT2D eigenvalue weighted by molar-refractivity contribution is 6.23. The molecule has 14 nitrogen and oxygen atoms in total. The maximum atomic E-state index is 14.6. The summed E-state index contributed by atoms with van der Waals surface area (Å²) in [6.45, 7) is 0. The fraction of sp³-hybridized carbons (Fsp3) is 0.0345. The highest BCUT2D eigenvalue weighted by Crippen LogP contribution is 2.45. The second kappa shape index (κ2) is 18.8. The van der Waals surface area contributed by atoms with Crippen LogP contribution in [0.2, 0.25) is 0 Å². The summed E-state index contributed by atoms with van der Waals surface area (Å²) in [7, 11) is 2.45. The van der Waals surface area contributed by atoms with Gasteiger partial charge in [-0.1, -0.05) is 158 Å². The lowest BCUT2D eigenvalue weighted by Gasteiger charge is -2.26. The summed E-state index contributed by atoms with van der Waals surface area (Å²) in [5.41, 5.74) is 4.12. The monoisotopic (exact) mass is 948 g/mol. The Bertz CT molecular complexity index is 3250. The summed E-state index contributed by atoms with van der Waals surface area (Å²) in [5, 5.41) is 13.4. The maximum absolute atomic E-state index is 14.6. The van der Waals surface area contributed by atoms with Gasteiger partial charge in [-0.3, -0.25) is 9.80 Å². The Morgan fingerprint density at radius 2 is 0.681 bits per heavy atom. The molecule has 11 rings (SSSR count). The van der Waals surface area contributed by atoms with Crippen LogP contribution in [0.5, 0.6) is 0 Å². The summed E-state index contributed by atoms with van der Waals surface area (Å²) in [6, 6.07) is 62.6. The van der Waals surface area contributed by atoms with Gasteiger partial charge in [-0.25, -0.2) is 29.2 Å². The zero-order valence-corrected chi connectivity index (χ0v) is 38.6. The van der Waals surface area contributed by atoms with Gasteiger partial charge in [-0.2, -0.15) is 0 Å². The summed E-state index contributed by atoms with van der Waals surface area (Å²) in [5.74, 6) is -2.08. The van der Waals surface area contributed by atoms with E-state index in [2.05, 4.69) is 0 Å². The minimum atomic E-state index is -0.840. The fourth-order valence-electron chi connectivity index (χ4n) is 8.89. The van der Waals surface area contributed by atoms with Gasteiger partial charge in [0.15, 0.2) is 34.8 Å². The standard InChI is InChI=1S/C58H40N6O8/c1-69-55(65)45-47(53-61(41-25-13-5-14-26-41)51(39-21-9-3-10-22-39)59-63(53)43-29-17-7-18-30-43)57(67)71-49(45)37-33-35-38(36-34-37)50-46(56(66)70-2)48(58(68)72-50)54-62(42-27-15-6-16-28-42)52(40-23-11-4-12-24-40)60-64(54)44-31-19-8-20-32-44/h3-36H,1-2H3/b53-47-,54-48-. The van der Waals surface area contributed by atoms with Crippen molar-refractivity contribution in [1.29, 1.82) is 0 Å². The summed E-state index contributed by atoms with van der Waals surface area (Å²) in [4.78, 5) is 61.2. The molecule has 4 heterocycles. The first-order chi connectivity index (χ1) is 35.3. The molecule has 0 fully saturated rings. The molecule has 0 spiro atoms. The topological polar surface area (TPSA) is 143 Å². The molecule has 72 heavy (non-hydrogen) atoms. The lowest BCUT2D eigenvalue weighted by Crippen LogP contribution is -2.32. The van der Waals surface area contributed by atoms with E-state index in [1.807, 2.05) is 192 Å². The summed E-state index contributed by atoms with van der Waals surface area (Å²) >= 11 is 0. The van der Waals surface area contributed by atoms with Crippen molar-refractivity contribution >= 4 is 69.8 Å². The molecule has 4 aliphatic heterocycles. The van der Waals surface area contributed by atoms with E-state index in [1.165, 1.54) is 14.2 Å². The molecule has 350 valence electrons. The van der Waals surface area contributed by atoms with Gasteiger partial charge >= 0.3 is 23.9 Å². The number of anilines is 4. The average Bonchev–Trinajstić information content (AvgIpc) is 4.22. The van der Waals surface area contributed by atoms with Crippen molar-refractivity contribution in [2.75, 3.05) is 34.0 Å². The number of rotatable bonds is 10. The molecule has 0 unspecified atom stereocenters. The predicted octanol–water partition coefficient (Wildman–Crippen LogP) is 9.77. The number of cyclic esters (lactones) is 2. The molecular formula is C58H40N6O8. The normalized spacial score (nSPS) is 17.6. The first kappa shape index (κ1) is 44.4. The number of hydrogen-bond donors (Lipinski definition) is 0. The molecule has 0 saturated heterocycles. The van der Waals surface area contributed by atoms with Crippen molar-refractivity contribution in [2.24, 2.45) is 10.2 Å². The van der Waals surface area contributed by atoms with E-state index in [0.717, 1.165) is 11.1 Å². The number of hydrogen-bond acceptors (Lipinski definition) is 14. The number of amidine groups is 2. The molecule has 0 bridgehead atoms. The van der Waals surface area contributed by atoms with Gasteiger partial charge in [-0.15, -0.1) is 10.2 Å². The Hall–Kier alpha value is -10.1. The summed E-state index contributed by atoms with van der Waals surface area (Å²) < 4.78 is 23.0. The molecule has 0 amide bonds. The van der Waals surface area contributed by atoms with E-state index in [1.54, 1.807) is 34.3 Å². The van der Waals surface area contributed by atoms with E-state index >= 15 is 0 Å². The van der Waals surface area contributed by atoms with Crippen molar-refractivity contribution in [3.63, 3.8) is 0 Å². The first-order valence-electron chi connectivity index (χ1n) is 22.7. The summed E-state index contributed by atoms with van der Waals surface area (Å²) in [6.07, 6.45) is 0. The number of carbonyl (C=O) groups excluding carboxylic acids is 4. The van der Waals surface area contributed by atoms with Crippen molar-refractivity contribution < 1.29 is 38.1 Å². The molecule has 0 aromatic heterocycles. The quantitative estimate of drug-likeness (QED) is 0.0732. The fourth-order valence-corrected chi connectivity index (χ4v) is 8.89. The Morgan fingerprint density at radius 3 is 0.986 bits per heavy atom. The molecule has 4 aliphatic rings. The lowest BCUT2D eigenvalue weighted by atomic mass is 9.99. The Morgan fingerprint density at radius 1 is 0.389 bits per heavy atom. The van der Waals surface area contributed by atoms with Gasteiger partial charge in [0.2, 0.25) is 0 Å². The number of nitrogens with zero attached hydrogens (tertiary/aromatic N) is 6. The molecule has 7 aromatic carbocycles. The van der Waals surface area contributed by atoms with Crippen LogP contribution >= 0.6 is 0 Å². The number of benzene rings is 7. The Kier molecular flexibility index (Phi) is 11.6. The second-order valence-corrected chi connectivity index (χ2v) is 16.4. The van der Waals surface area contributed by atoms with Gasteiger partial charge < -0.3 is 18.9 Å². The van der Waals surface area contributed by atoms with Crippen molar-refractivity contribution in [3.05, 3.63) is 262 Å². The molecule has 0 aliphatic carbocycles. The van der Waals surface area contributed by atoms with Crippen LogP contribution in [0.3, 0.4) is 0 Å². The van der Waals surface area contributed by atoms with E-state index in [-0.39, 0.29) is 45.5 Å². The SMILES string of the molecule is COC(=O)C1=C(c2ccc(C3=C(C(=O)OC)/C(=C4/N(c5ccccc5)N=C(c5ccccc5)N4c4ccccc4)C(=O)O3)cc2)OC(=O)/C1=C1\N(c2ccccc2)N=C(c2ccccc2)N1c1ccccc1. The molecular weight excluding hydrogens is 909 g/mol. The Labute approximate surface area is 413 Å². The van der Waals surface area contributed by atoms with Crippen LogP contribution in [0.25, 0.3) is 11.5 Å². The van der Waals surface area contributed by atoms with Gasteiger partial charge in [0, 0.05) is 33.6 Å². The third kappa shape index (κ3) is 7.74. The molecule has 14 heteroatoms. The molecule has 0 radical (unpaired) electrons. The van der Waals surface area contributed by atoms with E-state index in [4.69, 9.17) is 29.2 Å². The van der Waals surface area contributed by atoms with E-state index in [9.17, 15) is 19.2 Å². The second-order valence-electron chi connectivity index (χ2n) is 16.4. The Balaban J connectivity index is 1.08. The lowest BCUT2D eigenvalue weighted by molar-refractivity contribution is -0.136. The molecule has 0 atom stereocenters. The van der Waals surface area contributed by atoms with Gasteiger partial charge in [0.05, 0.1) is 25.6 Å². The molecule has 7 aromatic rings. The number of carbonyl (C=O) groups is 4. The zero-order valence-electron chi connectivity index (χ0n) is 38.6. The maximum Gasteiger partial charge on any atom is 0.348 e. The first-order valence-corrected chi connectivity index (χ1v) is 22.7. The van der Waals surface area contributed by atoms with Crippen LogP contribution < -0.4 is 19.8 Å². The predicted molar refractivity (Wildman–Crippen MR) is 272 cm³/mol. The number of para-hydroxylation sites is 4. The van der Waals surface area contributed by atoms with Crippen LogP contribution in [-0.2, 0) is 38.1 Å². The third-order valence-corrected chi connectivity index (χ3v) is 12.1. The number of methoxy groups -OCH3 is 2. The molecule has 0 saturated carbocycles. The third-order valence-electron chi connectivity index (χ3n) is 12.1. The van der Waals surface area contributed by atoms with Gasteiger partial charge in [0.1, 0.15) is 22.3 Å². The van der Waals surface area contributed by atoms with Gasteiger partial charge in [-0.05, 0) is 48.5 Å². The van der Waals surface area contributed by atoms with Crippen LogP contribution in [0.15, 0.2) is 250 Å². The number of esters is 4. The largest absolute Gasteiger partial charge is 0.465 e. The highest BCUT2D eigenvalue weighted by Gasteiger charge is 2.47. The zero-order chi connectivity index (χ0) is 49.3. The van der Waals surface area contributed by atoms with Crippen molar-refractivity contribution in [3.8, 4) is 0 Å². The number of ether oxygens (including phenoxy) is 4. The molecule has 0 N–H and O–H groups in total. The minimum Gasteiger partial charge on any atom is -0.465 e. The van der Waals surface area contributed by atoms with Crippen molar-refractivity contribution in [2.45, 2.75) is 0 Å². The van der Waals surface area contributed by atoms with Crippen molar-refractivity contribution in [1.82, 2.24) is 0 Å². The van der Waals surface area contributed by atoms with Gasteiger partial charge in [0.25, 0.3) is 0 Å². The average molecular weight is 949 g/mol. The van der Waals surface area contributed by atoms with Crippen LogP contribution in [-0.4, -0.2) is 49.8 Å². The highest BCUT2D eigenvalue weighted by atomic mass is 16.6. The minimum absolute atomic E-state index is 0.0861.